The Labute approximate surface area is 187 Å². The average molecular weight is 455 g/mol. The van der Waals surface area contributed by atoms with E-state index in [-0.39, 0.29) is 29.0 Å². The highest BCUT2D eigenvalue weighted by Gasteiger charge is 2.55. The molecule has 2 fully saturated rings. The van der Waals surface area contributed by atoms with E-state index in [0.29, 0.717) is 28.7 Å². The van der Waals surface area contributed by atoms with Crippen LogP contribution >= 0.6 is 23.1 Å². The average Bonchev–Trinajstić information content (AvgIpc) is 3.54. The van der Waals surface area contributed by atoms with Crippen molar-refractivity contribution in [2.45, 2.75) is 42.0 Å². The summed E-state index contributed by atoms with van der Waals surface area (Å²) in [5.41, 5.74) is 0.592. The summed E-state index contributed by atoms with van der Waals surface area (Å²) in [6, 6.07) is 10.3. The fourth-order valence-electron chi connectivity index (χ4n) is 5.76. The molecule has 2 bridgehead atoms. The van der Waals surface area contributed by atoms with Crippen LogP contribution in [0.25, 0.3) is 0 Å². The first-order chi connectivity index (χ1) is 15.1. The zero-order valence-electron chi connectivity index (χ0n) is 16.7. The number of carbonyl (C=O) groups excluding carboxylic acids is 1. The van der Waals surface area contributed by atoms with Crippen molar-refractivity contribution in [3.8, 4) is 5.75 Å². The Hall–Kier alpha value is -2.45. The molecule has 2 aliphatic carbocycles. The topological polar surface area (TPSA) is 84.5 Å². The molecular weight excluding hydrogens is 432 g/mol. The number of benzene rings is 1. The predicted molar refractivity (Wildman–Crippen MR) is 120 cm³/mol. The highest BCUT2D eigenvalue weighted by molar-refractivity contribution is 8.00. The third kappa shape index (κ3) is 3.15. The summed E-state index contributed by atoms with van der Waals surface area (Å²) >= 11 is 3.07. The van der Waals surface area contributed by atoms with Gasteiger partial charge in [-0.25, -0.2) is 0 Å². The van der Waals surface area contributed by atoms with Crippen LogP contribution in [0.5, 0.6) is 5.75 Å². The molecule has 0 spiro atoms. The second-order valence-corrected chi connectivity index (χ2v) is 10.9. The van der Waals surface area contributed by atoms with Crippen LogP contribution in [-0.4, -0.2) is 20.8 Å². The van der Waals surface area contributed by atoms with Gasteiger partial charge in [-0.2, -0.15) is 0 Å². The molecule has 2 saturated carbocycles. The van der Waals surface area contributed by atoms with E-state index < -0.39 is 0 Å². The molecule has 31 heavy (non-hydrogen) atoms. The maximum atomic E-state index is 13.0. The molecule has 5 unspecified atom stereocenters. The van der Waals surface area contributed by atoms with Gasteiger partial charge in [0.2, 0.25) is 5.91 Å². The molecule has 1 aliphatic heterocycles. The second kappa shape index (κ2) is 7.31. The Kier molecular flexibility index (Phi) is 4.54. The highest BCUT2D eigenvalue weighted by Crippen LogP contribution is 2.64. The summed E-state index contributed by atoms with van der Waals surface area (Å²) in [7, 11) is 0. The number of aromatic nitrogens is 1. The molecule has 6 rings (SSSR count). The third-order valence-corrected chi connectivity index (χ3v) is 9.82. The normalized spacial score (nSPS) is 28.3. The molecule has 5 atom stereocenters. The van der Waals surface area contributed by atoms with E-state index >= 15 is 0 Å². The number of thioether (sulfide) groups is 1. The maximum absolute atomic E-state index is 13.0. The largest absolute Gasteiger partial charge is 0.508 e. The van der Waals surface area contributed by atoms with E-state index in [4.69, 9.17) is 4.42 Å². The molecule has 1 aromatic carbocycles. The van der Waals surface area contributed by atoms with Crippen LogP contribution in [0.3, 0.4) is 0 Å². The quantitative estimate of drug-likeness (QED) is 0.567. The fraction of sp³-hybridized carbons (Fsp3) is 0.391. The van der Waals surface area contributed by atoms with Gasteiger partial charge >= 0.3 is 4.87 Å². The number of rotatable bonds is 4. The van der Waals surface area contributed by atoms with Gasteiger partial charge in [-0.3, -0.25) is 14.2 Å². The van der Waals surface area contributed by atoms with E-state index in [0.717, 1.165) is 15.7 Å². The molecule has 6 nitrogen and oxygen atoms in total. The minimum absolute atomic E-state index is 0.0189. The molecule has 0 radical (unpaired) electrons. The van der Waals surface area contributed by atoms with Gasteiger partial charge in [-0.1, -0.05) is 11.3 Å². The van der Waals surface area contributed by atoms with Crippen LogP contribution in [0.1, 0.15) is 35.8 Å². The number of nitrogens with one attached hydrogen (secondary N) is 1. The van der Waals surface area contributed by atoms with E-state index in [1.165, 1.54) is 42.7 Å². The molecule has 1 amide bonds. The number of nitrogens with zero attached hydrogens (tertiary/aromatic N) is 1. The smallest absolute Gasteiger partial charge is 0.308 e. The van der Waals surface area contributed by atoms with Crippen molar-refractivity contribution in [1.29, 1.82) is 0 Å². The van der Waals surface area contributed by atoms with Gasteiger partial charge in [-0.05, 0) is 73.4 Å². The SMILES string of the molecule is O=C(Cn1c2c(sc1=O)C(c1ccco1)C1C3CCC(C3)C1S2)Nc1ccc(O)cc1. The zero-order chi connectivity index (χ0) is 21.1. The summed E-state index contributed by atoms with van der Waals surface area (Å²) in [5.74, 6) is 2.80. The molecule has 3 heterocycles. The summed E-state index contributed by atoms with van der Waals surface area (Å²) in [6.07, 6.45) is 5.50. The molecule has 3 aliphatic rings. The van der Waals surface area contributed by atoms with Gasteiger partial charge in [0.15, 0.2) is 0 Å². The van der Waals surface area contributed by atoms with Crippen molar-refractivity contribution in [1.82, 2.24) is 4.57 Å². The number of phenolic OH excluding ortho intramolecular Hbond substituents is 1. The number of carbonyl (C=O) groups is 1. The van der Waals surface area contributed by atoms with E-state index in [1.807, 2.05) is 23.9 Å². The first-order valence-electron chi connectivity index (χ1n) is 10.6. The van der Waals surface area contributed by atoms with Gasteiger partial charge in [0, 0.05) is 10.9 Å². The van der Waals surface area contributed by atoms with Crippen LogP contribution in [0.2, 0.25) is 0 Å². The van der Waals surface area contributed by atoms with Gasteiger partial charge < -0.3 is 14.8 Å². The minimum Gasteiger partial charge on any atom is -0.508 e. The number of thiazole rings is 1. The van der Waals surface area contributed by atoms with Gasteiger partial charge in [0.1, 0.15) is 18.1 Å². The number of amides is 1. The lowest BCUT2D eigenvalue weighted by molar-refractivity contribution is -0.116. The monoisotopic (exact) mass is 454 g/mol. The van der Waals surface area contributed by atoms with E-state index in [2.05, 4.69) is 5.32 Å². The number of furan rings is 1. The first-order valence-corrected chi connectivity index (χ1v) is 12.3. The predicted octanol–water partition coefficient (Wildman–Crippen LogP) is 4.50. The van der Waals surface area contributed by atoms with Crippen molar-refractivity contribution < 1.29 is 14.3 Å². The van der Waals surface area contributed by atoms with Crippen LogP contribution in [0.15, 0.2) is 56.9 Å². The Bertz CT molecular complexity index is 1180. The van der Waals surface area contributed by atoms with Gasteiger partial charge in [0.05, 0.1) is 22.1 Å². The fourth-order valence-corrected chi connectivity index (χ4v) is 8.89. The van der Waals surface area contributed by atoms with Crippen LogP contribution in [0.4, 0.5) is 5.69 Å². The third-order valence-electron chi connectivity index (χ3n) is 6.99. The zero-order valence-corrected chi connectivity index (χ0v) is 18.3. The Morgan fingerprint density at radius 1 is 1.19 bits per heavy atom. The standard InChI is InChI=1S/C23H22N2O4S2/c26-15-7-5-14(6-8-15)24-17(27)11-25-22-21(31-23(25)28)19(16-2-1-9-29-16)18-12-3-4-13(10-12)20(18)30-22/h1-2,5-9,12-13,18-20,26H,3-4,10-11H2,(H,24,27). The molecule has 2 aromatic heterocycles. The lowest BCUT2D eigenvalue weighted by Crippen LogP contribution is -2.34. The summed E-state index contributed by atoms with van der Waals surface area (Å²) < 4.78 is 7.49. The van der Waals surface area contributed by atoms with Gasteiger partial charge in [0.25, 0.3) is 0 Å². The Balaban J connectivity index is 1.34. The number of hydrogen-bond donors (Lipinski definition) is 2. The van der Waals surface area contributed by atoms with Crippen LogP contribution in [-0.2, 0) is 11.3 Å². The van der Waals surface area contributed by atoms with Crippen molar-refractivity contribution in [3.63, 3.8) is 0 Å². The number of anilines is 1. The molecule has 2 N–H and O–H groups in total. The number of fused-ring (bicyclic) bond motifs is 6. The van der Waals surface area contributed by atoms with Crippen LogP contribution in [0, 0.1) is 17.8 Å². The summed E-state index contributed by atoms with van der Waals surface area (Å²) in [4.78, 5) is 26.6. The molecule has 8 heteroatoms. The molecule has 3 aromatic rings. The van der Waals surface area contributed by atoms with Crippen molar-refractivity contribution in [2.24, 2.45) is 17.8 Å². The number of phenols is 1. The summed E-state index contributed by atoms with van der Waals surface area (Å²) in [5, 5.41) is 13.7. The first kappa shape index (κ1) is 19.3. The van der Waals surface area contributed by atoms with Crippen molar-refractivity contribution >= 4 is 34.7 Å². The Morgan fingerprint density at radius 3 is 2.77 bits per heavy atom. The lowest BCUT2D eigenvalue weighted by atomic mass is 9.77. The number of hydrogen-bond acceptors (Lipinski definition) is 6. The minimum atomic E-state index is -0.251. The summed E-state index contributed by atoms with van der Waals surface area (Å²) in [6.45, 7) is -0.0189. The van der Waals surface area contributed by atoms with E-state index in [9.17, 15) is 14.7 Å². The van der Waals surface area contributed by atoms with E-state index in [1.54, 1.807) is 23.0 Å². The molecule has 160 valence electrons. The number of aromatic hydroxyl groups is 1. The van der Waals surface area contributed by atoms with Crippen molar-refractivity contribution in [2.75, 3.05) is 5.32 Å². The van der Waals surface area contributed by atoms with Crippen LogP contribution < -0.4 is 10.2 Å². The maximum Gasteiger partial charge on any atom is 0.308 e. The lowest BCUT2D eigenvalue weighted by Gasteiger charge is -2.39. The Morgan fingerprint density at radius 2 is 2.00 bits per heavy atom. The van der Waals surface area contributed by atoms with Gasteiger partial charge in [-0.15, -0.1) is 11.8 Å². The second-order valence-electron chi connectivity index (χ2n) is 8.70. The van der Waals surface area contributed by atoms with Crippen molar-refractivity contribution in [3.05, 3.63) is 63.0 Å². The highest BCUT2D eigenvalue weighted by atomic mass is 32.2. The molecule has 0 saturated heterocycles. The molecular formula is C23H22N2O4S2.